The first-order valence-corrected chi connectivity index (χ1v) is 6.30. The third kappa shape index (κ3) is 3.20. The highest BCUT2D eigenvalue weighted by atomic mass is 127. The van der Waals surface area contributed by atoms with Crippen molar-refractivity contribution in [2.75, 3.05) is 0 Å². The van der Waals surface area contributed by atoms with Gasteiger partial charge in [-0.1, -0.05) is 6.07 Å². The van der Waals surface area contributed by atoms with Crippen LogP contribution in [0.4, 0.5) is 5.69 Å². The van der Waals surface area contributed by atoms with Gasteiger partial charge < -0.3 is 4.74 Å². The van der Waals surface area contributed by atoms with E-state index in [-0.39, 0.29) is 11.3 Å². The minimum atomic E-state index is -0.597. The maximum atomic E-state index is 10.8. The van der Waals surface area contributed by atoms with Crippen LogP contribution in [0.1, 0.15) is 5.56 Å². The first kappa shape index (κ1) is 13.3. The average Bonchev–Trinajstić information content (AvgIpc) is 2.38. The lowest BCUT2D eigenvalue weighted by molar-refractivity contribution is -0.385. The Balaban J connectivity index is 2.34. The van der Waals surface area contributed by atoms with Crippen molar-refractivity contribution in [3.63, 3.8) is 0 Å². The van der Waals surface area contributed by atoms with Crippen LogP contribution in [0.15, 0.2) is 42.5 Å². The van der Waals surface area contributed by atoms with Crippen LogP contribution in [-0.2, 0) is 0 Å². The van der Waals surface area contributed by atoms with Crippen molar-refractivity contribution in [1.82, 2.24) is 0 Å². The van der Waals surface area contributed by atoms with Gasteiger partial charge in [0.15, 0.2) is 0 Å². The number of nitro benzene ring substituents is 1. The third-order valence-electron chi connectivity index (χ3n) is 2.32. The minimum absolute atomic E-state index is 0.0139. The van der Waals surface area contributed by atoms with E-state index in [1.807, 2.05) is 18.2 Å². The summed E-state index contributed by atoms with van der Waals surface area (Å²) in [6.45, 7) is 0. The molecule has 94 valence electrons. The second-order valence-corrected chi connectivity index (χ2v) is 4.85. The molecule has 0 bridgehead atoms. The van der Waals surface area contributed by atoms with Crippen LogP contribution in [0, 0.1) is 25.0 Å². The second kappa shape index (κ2) is 5.67. The molecule has 0 atom stereocenters. The molecule has 2 aromatic rings. The largest absolute Gasteiger partial charge is 0.457 e. The van der Waals surface area contributed by atoms with Gasteiger partial charge in [-0.25, -0.2) is 0 Å². The van der Waals surface area contributed by atoms with Crippen molar-refractivity contribution in [2.24, 2.45) is 0 Å². The molecule has 0 amide bonds. The highest BCUT2D eigenvalue weighted by Gasteiger charge is 2.15. The van der Waals surface area contributed by atoms with Crippen LogP contribution < -0.4 is 4.74 Å². The van der Waals surface area contributed by atoms with Crippen molar-refractivity contribution in [2.45, 2.75) is 0 Å². The minimum Gasteiger partial charge on any atom is -0.457 e. The summed E-state index contributed by atoms with van der Waals surface area (Å²) < 4.78 is 6.53. The van der Waals surface area contributed by atoms with Gasteiger partial charge in [0.25, 0.3) is 5.69 Å². The molecule has 0 aliphatic rings. The number of rotatable bonds is 3. The summed E-state index contributed by atoms with van der Waals surface area (Å²) in [6.07, 6.45) is 0. The van der Waals surface area contributed by atoms with Crippen molar-refractivity contribution < 1.29 is 9.66 Å². The van der Waals surface area contributed by atoms with E-state index in [1.54, 1.807) is 12.1 Å². The predicted octanol–water partition coefficient (Wildman–Crippen LogP) is 3.86. The number of nitrogens with zero attached hydrogens (tertiary/aromatic N) is 2. The van der Waals surface area contributed by atoms with Crippen molar-refractivity contribution in [3.8, 4) is 17.6 Å². The summed E-state index contributed by atoms with van der Waals surface area (Å²) in [4.78, 5) is 10.2. The van der Waals surface area contributed by atoms with Crippen LogP contribution in [0.3, 0.4) is 0 Å². The summed E-state index contributed by atoms with van der Waals surface area (Å²) in [6, 6.07) is 13.2. The molecule has 0 saturated carbocycles. The molecule has 0 fully saturated rings. The SMILES string of the molecule is N#Cc1ccc(Oc2cccc(I)c2)cc1[N+](=O)[O-]. The molecule has 19 heavy (non-hydrogen) atoms. The van der Waals surface area contributed by atoms with Crippen molar-refractivity contribution in [1.29, 1.82) is 5.26 Å². The molecule has 0 N–H and O–H groups in total. The lowest BCUT2D eigenvalue weighted by Gasteiger charge is -2.06. The standard InChI is InChI=1S/C13H7IN2O3/c14-10-2-1-3-11(6-10)19-12-5-4-9(8-15)13(7-12)16(17)18/h1-7H. The first-order valence-electron chi connectivity index (χ1n) is 5.22. The highest BCUT2D eigenvalue weighted by molar-refractivity contribution is 14.1. The van der Waals surface area contributed by atoms with Gasteiger partial charge in [0.2, 0.25) is 0 Å². The Morgan fingerprint density at radius 3 is 2.58 bits per heavy atom. The first-order chi connectivity index (χ1) is 9.10. The number of halogens is 1. The summed E-state index contributed by atoms with van der Waals surface area (Å²) in [5.74, 6) is 0.915. The number of hydrogen-bond donors (Lipinski definition) is 0. The van der Waals surface area contributed by atoms with E-state index >= 15 is 0 Å². The van der Waals surface area contributed by atoms with E-state index in [1.165, 1.54) is 18.2 Å². The quantitative estimate of drug-likeness (QED) is 0.470. The monoisotopic (exact) mass is 366 g/mol. The van der Waals surface area contributed by atoms with E-state index < -0.39 is 4.92 Å². The zero-order chi connectivity index (χ0) is 13.8. The molecule has 0 aromatic heterocycles. The smallest absolute Gasteiger partial charge is 0.290 e. The Kier molecular flexibility index (Phi) is 3.97. The molecule has 0 aliphatic carbocycles. The molecule has 0 saturated heterocycles. The number of nitro groups is 1. The summed E-state index contributed by atoms with van der Waals surface area (Å²) in [5.41, 5.74) is -0.245. The van der Waals surface area contributed by atoms with Crippen molar-refractivity contribution >= 4 is 28.3 Å². The predicted molar refractivity (Wildman–Crippen MR) is 77.0 cm³/mol. The fourth-order valence-corrected chi connectivity index (χ4v) is 2.00. The Hall–Kier alpha value is -2.14. The van der Waals surface area contributed by atoms with E-state index in [0.717, 1.165) is 3.57 Å². The molecule has 6 heteroatoms. The molecular formula is C13H7IN2O3. The van der Waals surface area contributed by atoms with Gasteiger partial charge >= 0.3 is 0 Å². The van der Waals surface area contributed by atoms with Gasteiger partial charge in [-0.3, -0.25) is 10.1 Å². The van der Waals surface area contributed by atoms with Crippen LogP contribution in [-0.4, -0.2) is 4.92 Å². The third-order valence-corrected chi connectivity index (χ3v) is 2.99. The van der Waals surface area contributed by atoms with Crippen LogP contribution in [0.25, 0.3) is 0 Å². The van der Waals surface area contributed by atoms with Crippen molar-refractivity contribution in [3.05, 3.63) is 61.7 Å². The Labute approximate surface area is 122 Å². The summed E-state index contributed by atoms with van der Waals surface area (Å²) >= 11 is 2.15. The maximum Gasteiger partial charge on any atom is 0.290 e. The molecular weight excluding hydrogens is 359 g/mol. The van der Waals surface area contributed by atoms with Crippen LogP contribution in [0.5, 0.6) is 11.5 Å². The molecule has 0 aliphatic heterocycles. The fraction of sp³-hybridized carbons (Fsp3) is 0. The lowest BCUT2D eigenvalue weighted by Crippen LogP contribution is -1.93. The number of hydrogen-bond acceptors (Lipinski definition) is 4. The Bertz CT molecular complexity index is 680. The van der Waals surface area contributed by atoms with E-state index in [4.69, 9.17) is 10.00 Å². The van der Waals surface area contributed by atoms with E-state index in [0.29, 0.717) is 11.5 Å². The maximum absolute atomic E-state index is 10.8. The fourth-order valence-electron chi connectivity index (χ4n) is 1.49. The number of nitriles is 1. The molecule has 0 spiro atoms. The van der Waals surface area contributed by atoms with Crippen LogP contribution in [0.2, 0.25) is 0 Å². The van der Waals surface area contributed by atoms with E-state index in [9.17, 15) is 10.1 Å². The van der Waals surface area contributed by atoms with E-state index in [2.05, 4.69) is 22.6 Å². The zero-order valence-electron chi connectivity index (χ0n) is 9.54. The van der Waals surface area contributed by atoms with Gasteiger partial charge in [-0.05, 0) is 52.9 Å². The molecule has 2 rings (SSSR count). The average molecular weight is 366 g/mol. The van der Waals surface area contributed by atoms with Gasteiger partial charge in [0.05, 0.1) is 11.0 Å². The molecule has 0 unspecified atom stereocenters. The molecule has 0 heterocycles. The molecule has 5 nitrogen and oxygen atoms in total. The topological polar surface area (TPSA) is 76.2 Å². The second-order valence-electron chi connectivity index (χ2n) is 3.61. The lowest BCUT2D eigenvalue weighted by atomic mass is 10.2. The molecule has 2 aromatic carbocycles. The van der Waals surface area contributed by atoms with Crippen LogP contribution >= 0.6 is 22.6 Å². The normalized spacial score (nSPS) is 9.68. The van der Waals surface area contributed by atoms with Gasteiger partial charge in [0.1, 0.15) is 23.1 Å². The zero-order valence-corrected chi connectivity index (χ0v) is 11.7. The van der Waals surface area contributed by atoms with Gasteiger partial charge in [-0.2, -0.15) is 5.26 Å². The van der Waals surface area contributed by atoms with Gasteiger partial charge in [0, 0.05) is 3.57 Å². The Morgan fingerprint density at radius 1 is 1.21 bits per heavy atom. The number of benzene rings is 2. The summed E-state index contributed by atoms with van der Waals surface area (Å²) in [7, 11) is 0. The summed E-state index contributed by atoms with van der Waals surface area (Å²) in [5, 5.41) is 19.6. The molecule has 0 radical (unpaired) electrons. The highest BCUT2D eigenvalue weighted by Crippen LogP contribution is 2.28. The van der Waals surface area contributed by atoms with Gasteiger partial charge in [-0.15, -0.1) is 0 Å². The number of ether oxygens (including phenoxy) is 1. The Morgan fingerprint density at radius 2 is 1.95 bits per heavy atom.